The number of ether oxygens (including phenoxy) is 2. The lowest BCUT2D eigenvalue weighted by Crippen LogP contribution is -2.29. The van der Waals surface area contributed by atoms with Crippen LogP contribution in [0.15, 0.2) is 60.8 Å². The van der Waals surface area contributed by atoms with Crippen LogP contribution < -0.4 is 0 Å². The van der Waals surface area contributed by atoms with Gasteiger partial charge >= 0.3 is 19.8 Å². The molecule has 11 heteroatoms. The van der Waals surface area contributed by atoms with Gasteiger partial charge in [0.1, 0.15) is 12.7 Å². The van der Waals surface area contributed by atoms with Crippen LogP contribution in [0.5, 0.6) is 0 Å². The molecule has 0 aliphatic heterocycles. The quantitative estimate of drug-likeness (QED) is 0.0236. The third kappa shape index (κ3) is 39.9. The van der Waals surface area contributed by atoms with Crippen molar-refractivity contribution in [3.63, 3.8) is 0 Å². The summed E-state index contributed by atoms with van der Waals surface area (Å²) in [6.07, 6.45) is 44.8. The van der Waals surface area contributed by atoms with E-state index in [1.807, 2.05) is 0 Å². The Morgan fingerprint density at radius 3 is 1.50 bits per heavy atom. The van der Waals surface area contributed by atoms with E-state index in [4.69, 9.17) is 19.1 Å². The predicted molar refractivity (Wildman–Crippen MR) is 228 cm³/mol. The average Bonchev–Trinajstić information content (AvgIpc) is 3.19. The van der Waals surface area contributed by atoms with Crippen LogP contribution in [0, 0.1) is 0 Å². The van der Waals surface area contributed by atoms with Gasteiger partial charge in [0.2, 0.25) is 0 Å². The zero-order chi connectivity index (χ0) is 41.2. The Balaban J connectivity index is 4.21. The topological polar surface area (TPSA) is 149 Å². The van der Waals surface area contributed by atoms with Crippen molar-refractivity contribution in [2.45, 2.75) is 187 Å². The molecule has 0 saturated carbocycles. The summed E-state index contributed by atoms with van der Waals surface area (Å²) in [5.41, 5.74) is 0. The molecule has 0 radical (unpaired) electrons. The van der Waals surface area contributed by atoms with E-state index in [0.29, 0.717) is 12.8 Å². The molecule has 56 heavy (non-hydrogen) atoms. The summed E-state index contributed by atoms with van der Waals surface area (Å²) in [7, 11) is -4.62. The summed E-state index contributed by atoms with van der Waals surface area (Å²) < 4.78 is 32.6. The van der Waals surface area contributed by atoms with Crippen LogP contribution >= 0.6 is 7.82 Å². The number of allylic oxidation sites excluding steroid dienone is 10. The number of aliphatic hydroxyl groups excluding tert-OH is 2. The average molecular weight is 811 g/mol. The first kappa shape index (κ1) is 53.7. The number of esters is 2. The third-order valence-corrected chi connectivity index (χ3v) is 9.84. The summed E-state index contributed by atoms with van der Waals surface area (Å²) >= 11 is 0. The summed E-state index contributed by atoms with van der Waals surface area (Å²) in [4.78, 5) is 34.9. The summed E-state index contributed by atoms with van der Waals surface area (Å²) in [5.74, 6) is -0.946. The van der Waals surface area contributed by atoms with Crippen molar-refractivity contribution < 1.29 is 47.8 Å². The number of carbonyl (C=O) groups is 2. The normalized spacial score (nSPS) is 14.4. The van der Waals surface area contributed by atoms with Gasteiger partial charge in [-0.25, -0.2) is 4.57 Å². The van der Waals surface area contributed by atoms with E-state index in [0.717, 1.165) is 96.3 Å². The largest absolute Gasteiger partial charge is 0.472 e. The Hall–Kier alpha value is -2.33. The molecule has 0 saturated heterocycles. The Labute approximate surface area is 340 Å². The first-order valence-corrected chi connectivity index (χ1v) is 23.2. The fourth-order valence-corrected chi connectivity index (χ4v) is 6.36. The lowest BCUT2D eigenvalue weighted by molar-refractivity contribution is -0.161. The van der Waals surface area contributed by atoms with E-state index in [2.05, 4.69) is 79.1 Å². The van der Waals surface area contributed by atoms with Crippen molar-refractivity contribution in [2.24, 2.45) is 0 Å². The monoisotopic (exact) mass is 811 g/mol. The van der Waals surface area contributed by atoms with E-state index in [9.17, 15) is 24.2 Å². The maximum Gasteiger partial charge on any atom is 0.472 e. The predicted octanol–water partition coefficient (Wildman–Crippen LogP) is 11.5. The standard InChI is InChI=1S/C45H79O10P/c1-3-5-7-9-11-13-15-16-17-18-19-20-21-22-23-24-25-26-27-29-31-33-35-37-45(49)55-43(41-54-56(50,51)53-39-42(47)38-46)40-52-44(48)36-34-32-30-28-14-12-10-8-6-4-2/h5,7-8,10-11,13,16-17,19-20,42-43,46-47H,3-4,6,9,12,14-15,18,21-41H2,1-2H3,(H,50,51)/b7-5-,10-8-,13-11-,17-16-,20-19-. The maximum absolute atomic E-state index is 12.6. The molecule has 3 N–H and O–H groups in total. The van der Waals surface area contributed by atoms with Crippen molar-refractivity contribution in [1.29, 1.82) is 0 Å². The SMILES string of the molecule is CC/C=C\C/C=C\C/C=C\C/C=C\CCCCCCCCCCCCC(=O)OC(COC(=O)CCCCCCC/C=C\CCC)COP(=O)(O)OCC(O)CO. The van der Waals surface area contributed by atoms with Crippen molar-refractivity contribution in [3.8, 4) is 0 Å². The molecule has 0 rings (SSSR count). The summed E-state index contributed by atoms with van der Waals surface area (Å²) in [5, 5.41) is 18.3. The van der Waals surface area contributed by atoms with Gasteiger partial charge in [0.25, 0.3) is 0 Å². The van der Waals surface area contributed by atoms with Gasteiger partial charge in [0, 0.05) is 12.8 Å². The molecule has 0 fully saturated rings. The van der Waals surface area contributed by atoms with Crippen LogP contribution in [0.1, 0.15) is 174 Å². The Morgan fingerprint density at radius 1 is 0.554 bits per heavy atom. The number of phosphoric ester groups is 1. The highest BCUT2D eigenvalue weighted by Gasteiger charge is 2.27. The number of rotatable bonds is 40. The van der Waals surface area contributed by atoms with E-state index in [-0.39, 0.29) is 19.4 Å². The lowest BCUT2D eigenvalue weighted by atomic mass is 10.0. The molecule has 0 spiro atoms. The molecule has 0 aromatic carbocycles. The van der Waals surface area contributed by atoms with Crippen molar-refractivity contribution in [1.82, 2.24) is 0 Å². The molecule has 0 bridgehead atoms. The second kappa shape index (κ2) is 40.9. The highest BCUT2D eigenvalue weighted by Crippen LogP contribution is 2.43. The highest BCUT2D eigenvalue weighted by atomic mass is 31.2. The van der Waals surface area contributed by atoms with Gasteiger partial charge in [-0.3, -0.25) is 18.6 Å². The second-order valence-electron chi connectivity index (χ2n) is 14.3. The van der Waals surface area contributed by atoms with Crippen LogP contribution in [0.2, 0.25) is 0 Å². The fraction of sp³-hybridized carbons (Fsp3) is 0.733. The minimum atomic E-state index is -4.62. The van der Waals surface area contributed by atoms with E-state index in [1.54, 1.807) is 0 Å². The molecule has 10 nitrogen and oxygen atoms in total. The molecule has 3 atom stereocenters. The third-order valence-electron chi connectivity index (χ3n) is 8.89. The minimum Gasteiger partial charge on any atom is -0.462 e. The van der Waals surface area contributed by atoms with Crippen molar-refractivity contribution in [2.75, 3.05) is 26.4 Å². The van der Waals surface area contributed by atoms with Gasteiger partial charge in [0.15, 0.2) is 6.10 Å². The molecule has 0 heterocycles. The number of hydrogen-bond donors (Lipinski definition) is 3. The van der Waals surface area contributed by atoms with Gasteiger partial charge < -0.3 is 24.6 Å². The van der Waals surface area contributed by atoms with Gasteiger partial charge in [0.05, 0.1) is 19.8 Å². The smallest absolute Gasteiger partial charge is 0.462 e. The number of hydrogen-bond acceptors (Lipinski definition) is 9. The number of phosphoric acid groups is 1. The van der Waals surface area contributed by atoms with Crippen LogP contribution in [-0.4, -0.2) is 65.7 Å². The fourth-order valence-electron chi connectivity index (χ4n) is 5.57. The Kier molecular flexibility index (Phi) is 39.2. The maximum atomic E-state index is 12.6. The zero-order valence-electron chi connectivity index (χ0n) is 35.1. The van der Waals surface area contributed by atoms with E-state index >= 15 is 0 Å². The number of carbonyl (C=O) groups excluding carboxylic acids is 2. The summed E-state index contributed by atoms with van der Waals surface area (Å²) in [6.45, 7) is 2.18. The molecule has 0 aromatic rings. The minimum absolute atomic E-state index is 0.175. The molecule has 324 valence electrons. The van der Waals surface area contributed by atoms with Gasteiger partial charge in [-0.1, -0.05) is 152 Å². The van der Waals surface area contributed by atoms with Crippen LogP contribution in [0.3, 0.4) is 0 Å². The number of unbranched alkanes of at least 4 members (excludes halogenated alkanes) is 16. The molecule has 3 unspecified atom stereocenters. The number of aliphatic hydroxyl groups is 2. The molecular formula is C45H79O10P. The molecular weight excluding hydrogens is 731 g/mol. The first-order chi connectivity index (χ1) is 27.2. The molecule has 0 amide bonds. The van der Waals surface area contributed by atoms with Crippen LogP contribution in [0.4, 0.5) is 0 Å². The Morgan fingerprint density at radius 2 is 0.982 bits per heavy atom. The van der Waals surface area contributed by atoms with Gasteiger partial charge in [-0.2, -0.15) is 0 Å². The van der Waals surface area contributed by atoms with Gasteiger partial charge in [-0.15, -0.1) is 0 Å². The zero-order valence-corrected chi connectivity index (χ0v) is 36.0. The molecule has 0 aliphatic carbocycles. The Bertz CT molecular complexity index is 1120. The lowest BCUT2D eigenvalue weighted by Gasteiger charge is -2.20. The van der Waals surface area contributed by atoms with E-state index in [1.165, 1.54) is 38.5 Å². The van der Waals surface area contributed by atoms with Crippen LogP contribution in [-0.2, 0) is 32.7 Å². The second-order valence-corrected chi connectivity index (χ2v) is 15.8. The molecule has 0 aliphatic rings. The summed E-state index contributed by atoms with van der Waals surface area (Å²) in [6, 6.07) is 0. The van der Waals surface area contributed by atoms with Crippen LogP contribution in [0.25, 0.3) is 0 Å². The van der Waals surface area contributed by atoms with Crippen molar-refractivity contribution in [3.05, 3.63) is 60.8 Å². The van der Waals surface area contributed by atoms with Crippen molar-refractivity contribution >= 4 is 19.8 Å². The first-order valence-electron chi connectivity index (χ1n) is 21.7. The highest BCUT2D eigenvalue weighted by molar-refractivity contribution is 7.47. The van der Waals surface area contributed by atoms with Gasteiger partial charge in [-0.05, 0) is 70.6 Å². The molecule has 0 aromatic heterocycles. The van der Waals surface area contributed by atoms with E-state index < -0.39 is 51.8 Å².